The number of thiazole rings is 2. The molecule has 1 aromatic carbocycles. The Hall–Kier alpha value is -2.02. The van der Waals surface area contributed by atoms with E-state index < -0.39 is 10.1 Å². The van der Waals surface area contributed by atoms with Crippen molar-refractivity contribution in [1.82, 2.24) is 9.38 Å². The van der Waals surface area contributed by atoms with Gasteiger partial charge in [-0.2, -0.15) is 13.0 Å². The summed E-state index contributed by atoms with van der Waals surface area (Å²) >= 11 is 11.0. The molecule has 166 valence electrons. The molecule has 5 rings (SSSR count). The fourth-order valence-corrected chi connectivity index (χ4v) is 7.33. The zero-order chi connectivity index (χ0) is 22.5. The van der Waals surface area contributed by atoms with Gasteiger partial charge in [-0.05, 0) is 17.5 Å². The van der Waals surface area contributed by atoms with E-state index in [9.17, 15) is 13.0 Å². The number of imidazole rings is 1. The van der Waals surface area contributed by atoms with Crippen LogP contribution in [0.25, 0.3) is 37.4 Å². The molecular formula is C20H17ClN3O4S4+. The quantitative estimate of drug-likeness (QED) is 0.232. The van der Waals surface area contributed by atoms with Crippen LogP contribution in [0.4, 0.5) is 0 Å². The summed E-state index contributed by atoms with van der Waals surface area (Å²) in [5.41, 5.74) is 1.81. The second kappa shape index (κ2) is 8.40. The van der Waals surface area contributed by atoms with E-state index in [-0.39, 0.29) is 12.2 Å². The highest BCUT2D eigenvalue weighted by Gasteiger charge is 2.25. The second-order valence-corrected chi connectivity index (χ2v) is 11.8. The lowest BCUT2D eigenvalue weighted by Gasteiger charge is -2.02. The van der Waals surface area contributed by atoms with Crippen molar-refractivity contribution in [3.05, 3.63) is 44.9 Å². The number of hydrogen-bond donors (Lipinski definition) is 1. The summed E-state index contributed by atoms with van der Waals surface area (Å²) in [6, 6.07) is 4.03. The molecular weight excluding hydrogens is 510 g/mol. The molecule has 12 heteroatoms. The van der Waals surface area contributed by atoms with Crippen molar-refractivity contribution < 1.29 is 22.3 Å². The Morgan fingerprint density at radius 1 is 1.31 bits per heavy atom. The summed E-state index contributed by atoms with van der Waals surface area (Å²) in [5.74, 6) is 0.503. The van der Waals surface area contributed by atoms with Gasteiger partial charge in [-0.3, -0.25) is 8.95 Å². The van der Waals surface area contributed by atoms with Gasteiger partial charge in [0.1, 0.15) is 15.1 Å². The van der Waals surface area contributed by atoms with Crippen LogP contribution in [0.2, 0.25) is 5.15 Å². The van der Waals surface area contributed by atoms with Crippen molar-refractivity contribution in [3.63, 3.8) is 0 Å². The van der Waals surface area contributed by atoms with Crippen molar-refractivity contribution in [3.8, 4) is 5.75 Å². The van der Waals surface area contributed by atoms with Gasteiger partial charge in [0.05, 0.1) is 18.6 Å². The standard InChI is InChI=1S/C20H16ClN3O4S4/c1-28-14-11-15-17(18-12(14)5-8-29-18)24(6-2-10-32(25,26)27)16(31-15)4-3-13-19(21)22-20-23(13)7-9-30-20/h3-5,7-9,11H,2,6,10H2,1H3/p+1. The second-order valence-electron chi connectivity index (χ2n) is 7.00. The first-order valence-corrected chi connectivity index (χ1v) is 14.1. The number of ether oxygens (including phenoxy) is 1. The minimum Gasteiger partial charge on any atom is -0.496 e. The number of aryl methyl sites for hydroxylation is 1. The van der Waals surface area contributed by atoms with E-state index in [0.29, 0.717) is 11.7 Å². The summed E-state index contributed by atoms with van der Waals surface area (Å²) in [5, 5.41) is 6.33. The molecule has 32 heavy (non-hydrogen) atoms. The van der Waals surface area contributed by atoms with Crippen LogP contribution in [-0.2, 0) is 16.7 Å². The van der Waals surface area contributed by atoms with Crippen LogP contribution in [0, 0.1) is 0 Å². The van der Waals surface area contributed by atoms with Gasteiger partial charge in [0.25, 0.3) is 15.1 Å². The van der Waals surface area contributed by atoms with Gasteiger partial charge in [0, 0.05) is 35.5 Å². The third kappa shape index (κ3) is 3.93. The van der Waals surface area contributed by atoms with Crippen molar-refractivity contribution in [2.75, 3.05) is 12.9 Å². The zero-order valence-corrected chi connectivity index (χ0v) is 20.7. The number of thiophene rings is 1. The lowest BCUT2D eigenvalue weighted by atomic mass is 10.2. The molecule has 0 saturated heterocycles. The van der Waals surface area contributed by atoms with Crippen molar-refractivity contribution in [1.29, 1.82) is 0 Å². The molecule has 0 bridgehead atoms. The third-order valence-corrected chi connectivity index (χ3v) is 8.89. The number of halogens is 1. The van der Waals surface area contributed by atoms with E-state index in [2.05, 4.69) is 9.55 Å². The van der Waals surface area contributed by atoms with Crippen LogP contribution < -0.4 is 9.30 Å². The summed E-state index contributed by atoms with van der Waals surface area (Å²) in [7, 11) is -2.38. The highest BCUT2D eigenvalue weighted by atomic mass is 35.5. The first-order chi connectivity index (χ1) is 15.4. The van der Waals surface area contributed by atoms with E-state index in [1.807, 2.05) is 45.6 Å². The molecule has 0 aliphatic rings. The molecule has 0 aliphatic heterocycles. The fourth-order valence-electron chi connectivity index (χ4n) is 3.67. The normalized spacial score (nSPS) is 12.7. The Balaban J connectivity index is 1.65. The maximum Gasteiger partial charge on any atom is 0.265 e. The van der Waals surface area contributed by atoms with Crippen LogP contribution in [0.1, 0.15) is 17.1 Å². The average Bonchev–Trinajstić information content (AvgIpc) is 3.48. The first-order valence-electron chi connectivity index (χ1n) is 9.50. The Morgan fingerprint density at radius 3 is 2.94 bits per heavy atom. The molecule has 0 amide bonds. The molecule has 0 radical (unpaired) electrons. The molecule has 1 N–H and O–H groups in total. The van der Waals surface area contributed by atoms with Crippen LogP contribution in [-0.4, -0.2) is 35.2 Å². The minimum atomic E-state index is -4.03. The zero-order valence-electron chi connectivity index (χ0n) is 16.7. The maximum absolute atomic E-state index is 11.3. The Bertz CT molecular complexity index is 1590. The molecule has 0 spiro atoms. The van der Waals surface area contributed by atoms with Crippen LogP contribution >= 0.6 is 45.6 Å². The monoisotopic (exact) mass is 526 g/mol. The highest BCUT2D eigenvalue weighted by molar-refractivity contribution is 7.85. The average molecular weight is 527 g/mol. The summed E-state index contributed by atoms with van der Waals surface area (Å²) < 4.78 is 43.5. The first kappa shape index (κ1) is 21.8. The van der Waals surface area contributed by atoms with E-state index >= 15 is 0 Å². The minimum absolute atomic E-state index is 0.289. The predicted molar refractivity (Wildman–Crippen MR) is 132 cm³/mol. The molecule has 4 aromatic heterocycles. The number of aromatic nitrogens is 3. The van der Waals surface area contributed by atoms with Gasteiger partial charge in [-0.1, -0.05) is 22.9 Å². The largest absolute Gasteiger partial charge is 0.496 e. The molecule has 0 saturated carbocycles. The third-order valence-electron chi connectivity index (χ3n) is 5.03. The summed E-state index contributed by atoms with van der Waals surface area (Å²) in [4.78, 5) is 5.18. The number of rotatable bonds is 7. The molecule has 4 heterocycles. The van der Waals surface area contributed by atoms with Crippen molar-refractivity contribution in [2.45, 2.75) is 13.0 Å². The molecule has 0 unspecified atom stereocenters. The summed E-state index contributed by atoms with van der Waals surface area (Å²) in [6.07, 6.45) is 6.10. The van der Waals surface area contributed by atoms with E-state index in [4.69, 9.17) is 16.3 Å². The molecule has 0 aliphatic carbocycles. The number of nitrogens with zero attached hydrogens (tertiary/aromatic N) is 3. The molecule has 5 aromatic rings. The van der Waals surface area contributed by atoms with Gasteiger partial charge in [0.15, 0.2) is 16.7 Å². The van der Waals surface area contributed by atoms with Gasteiger partial charge in [0.2, 0.25) is 5.52 Å². The Kier molecular flexibility index (Phi) is 5.72. The molecule has 0 fully saturated rings. The topological polar surface area (TPSA) is 84.8 Å². The maximum atomic E-state index is 11.3. The van der Waals surface area contributed by atoms with Crippen molar-refractivity contribution in [2.24, 2.45) is 0 Å². The number of methoxy groups -OCH3 is 1. The highest BCUT2D eigenvalue weighted by Crippen LogP contribution is 2.38. The SMILES string of the molecule is COc1cc2sc(/C=C/c3c(Cl)nc4sccn34)[n+](CCCS(=O)(=O)O)c2c2sccc12. The smallest absolute Gasteiger partial charge is 0.265 e. The predicted octanol–water partition coefficient (Wildman–Crippen LogP) is 5.22. The van der Waals surface area contributed by atoms with E-state index in [1.54, 1.807) is 29.8 Å². The van der Waals surface area contributed by atoms with Crippen LogP contribution in [0.3, 0.4) is 0 Å². The number of fused-ring (bicyclic) bond motifs is 4. The van der Waals surface area contributed by atoms with E-state index in [0.717, 1.165) is 41.7 Å². The van der Waals surface area contributed by atoms with Gasteiger partial charge in [-0.15, -0.1) is 22.7 Å². The molecule has 7 nitrogen and oxygen atoms in total. The lowest BCUT2D eigenvalue weighted by molar-refractivity contribution is -0.667. The summed E-state index contributed by atoms with van der Waals surface area (Å²) in [6.45, 7) is 0.437. The van der Waals surface area contributed by atoms with Crippen molar-refractivity contribution >= 4 is 93.1 Å². The van der Waals surface area contributed by atoms with Gasteiger partial charge < -0.3 is 4.74 Å². The molecule has 0 atom stereocenters. The van der Waals surface area contributed by atoms with Crippen LogP contribution in [0.5, 0.6) is 5.75 Å². The number of hydrogen-bond acceptors (Lipinski definition) is 7. The number of benzene rings is 1. The Morgan fingerprint density at radius 2 is 2.16 bits per heavy atom. The Labute approximate surface area is 200 Å². The van der Waals surface area contributed by atoms with E-state index in [1.165, 1.54) is 11.3 Å². The fraction of sp³-hybridized carbons (Fsp3) is 0.200. The van der Waals surface area contributed by atoms with Crippen LogP contribution in [0.15, 0.2) is 29.1 Å². The lowest BCUT2D eigenvalue weighted by Crippen LogP contribution is -2.36. The van der Waals surface area contributed by atoms with Gasteiger partial charge in [-0.25, -0.2) is 4.98 Å². The van der Waals surface area contributed by atoms with Gasteiger partial charge >= 0.3 is 0 Å².